The molecule has 6 nitrogen and oxygen atoms in total. The molecule has 1 aliphatic heterocycles. The van der Waals surface area contributed by atoms with Crippen LogP contribution in [0.3, 0.4) is 0 Å². The summed E-state index contributed by atoms with van der Waals surface area (Å²) in [4.78, 5) is 12.7. The zero-order valence-corrected chi connectivity index (χ0v) is 15.2. The van der Waals surface area contributed by atoms with E-state index in [1.807, 2.05) is 38.1 Å². The molecule has 0 radical (unpaired) electrons. The number of sulfonamides is 1. The number of benzene rings is 2. The first kappa shape index (κ1) is 16.5. The van der Waals surface area contributed by atoms with Crippen LogP contribution >= 0.6 is 0 Å². The molecule has 0 saturated heterocycles. The number of carbonyl (C=O) groups excluding carboxylic acids is 1. The number of nitrogens with zero attached hydrogens (tertiary/aromatic N) is 3. The molecule has 3 aromatic rings. The van der Waals surface area contributed by atoms with Gasteiger partial charge in [0.1, 0.15) is 0 Å². The minimum Gasteiger partial charge on any atom is -0.245 e. The molecule has 0 fully saturated rings. The summed E-state index contributed by atoms with van der Waals surface area (Å²) in [5.74, 6) is 0. The van der Waals surface area contributed by atoms with Crippen LogP contribution in [-0.2, 0) is 16.6 Å². The van der Waals surface area contributed by atoms with Crippen LogP contribution < -0.4 is 0 Å². The number of fused-ring (bicyclic) bond motifs is 1. The quantitative estimate of drug-likeness (QED) is 0.712. The van der Waals surface area contributed by atoms with Gasteiger partial charge in [0.05, 0.1) is 22.8 Å². The van der Waals surface area contributed by atoms with Gasteiger partial charge in [0.2, 0.25) is 0 Å². The number of rotatable bonds is 3. The van der Waals surface area contributed by atoms with Crippen LogP contribution in [0.5, 0.6) is 0 Å². The maximum atomic E-state index is 12.8. The lowest BCUT2D eigenvalue weighted by molar-refractivity contribution is 0.229. The Morgan fingerprint density at radius 1 is 0.923 bits per heavy atom. The van der Waals surface area contributed by atoms with Crippen molar-refractivity contribution in [1.82, 2.24) is 14.1 Å². The van der Waals surface area contributed by atoms with Crippen molar-refractivity contribution in [1.29, 1.82) is 0 Å². The Morgan fingerprint density at radius 3 is 2.08 bits per heavy atom. The molecular formula is C19H17N3O3S. The van der Waals surface area contributed by atoms with Crippen molar-refractivity contribution >= 4 is 16.1 Å². The van der Waals surface area contributed by atoms with Gasteiger partial charge in [0.25, 0.3) is 10.0 Å². The van der Waals surface area contributed by atoms with E-state index < -0.39 is 16.1 Å². The Labute approximate surface area is 151 Å². The number of carbonyl (C=O) groups is 1. The lowest BCUT2D eigenvalue weighted by atomic mass is 10.1. The van der Waals surface area contributed by atoms with Gasteiger partial charge in [-0.2, -0.15) is 9.78 Å². The van der Waals surface area contributed by atoms with Crippen LogP contribution in [0.25, 0.3) is 11.3 Å². The van der Waals surface area contributed by atoms with Gasteiger partial charge in [-0.05, 0) is 32.0 Å². The van der Waals surface area contributed by atoms with Crippen molar-refractivity contribution in [2.24, 2.45) is 0 Å². The number of aromatic nitrogens is 2. The summed E-state index contributed by atoms with van der Waals surface area (Å²) < 4.78 is 27.6. The van der Waals surface area contributed by atoms with E-state index in [9.17, 15) is 13.2 Å². The summed E-state index contributed by atoms with van der Waals surface area (Å²) in [6.45, 7) is 3.85. The Bertz CT molecular complexity index is 1100. The fourth-order valence-corrected chi connectivity index (χ4v) is 4.23. The third-order valence-corrected chi connectivity index (χ3v) is 6.17. The summed E-state index contributed by atoms with van der Waals surface area (Å²) >= 11 is 0. The van der Waals surface area contributed by atoms with Crippen molar-refractivity contribution in [2.75, 3.05) is 0 Å². The maximum Gasteiger partial charge on any atom is 0.359 e. The van der Waals surface area contributed by atoms with Gasteiger partial charge < -0.3 is 0 Å². The minimum atomic E-state index is -3.90. The highest BCUT2D eigenvalue weighted by Gasteiger charge is 2.38. The maximum absolute atomic E-state index is 12.8. The SMILES string of the molecule is Cc1ccc(-c2cc3n(n2)C(=O)N(S(=O)(=O)c2ccc(C)cc2)C3)cc1. The van der Waals surface area contributed by atoms with E-state index in [-0.39, 0.29) is 11.4 Å². The second kappa shape index (κ2) is 5.81. The number of amides is 1. The highest BCUT2D eigenvalue weighted by molar-refractivity contribution is 7.89. The molecule has 4 rings (SSSR count). The van der Waals surface area contributed by atoms with Gasteiger partial charge >= 0.3 is 6.03 Å². The standard InChI is InChI=1S/C19H17N3O3S/c1-13-3-7-15(8-4-13)18-11-16-12-21(19(23)22(16)20-18)26(24,25)17-9-5-14(2)6-10-17/h3-11H,12H2,1-2H3. The largest absolute Gasteiger partial charge is 0.359 e. The molecule has 0 N–H and O–H groups in total. The van der Waals surface area contributed by atoms with Gasteiger partial charge in [0, 0.05) is 5.56 Å². The molecule has 2 aromatic carbocycles. The summed E-state index contributed by atoms with van der Waals surface area (Å²) in [6, 6.07) is 15.3. The van der Waals surface area contributed by atoms with Crippen LogP contribution in [-0.4, -0.2) is 28.5 Å². The number of hydrogen-bond donors (Lipinski definition) is 0. The second-order valence-corrected chi connectivity index (χ2v) is 8.27. The molecule has 1 amide bonds. The van der Waals surface area contributed by atoms with E-state index >= 15 is 0 Å². The Kier molecular flexibility index (Phi) is 3.69. The summed E-state index contributed by atoms with van der Waals surface area (Å²) in [5, 5.41) is 4.30. The average Bonchev–Trinajstić information content (AvgIpc) is 3.16. The van der Waals surface area contributed by atoms with Crippen LogP contribution in [0.2, 0.25) is 0 Å². The lowest BCUT2D eigenvalue weighted by Gasteiger charge is -2.15. The van der Waals surface area contributed by atoms with Gasteiger partial charge in [-0.25, -0.2) is 17.5 Å². The number of aryl methyl sites for hydroxylation is 2. The molecule has 0 bridgehead atoms. The Balaban J connectivity index is 1.66. The van der Waals surface area contributed by atoms with E-state index in [1.165, 1.54) is 16.8 Å². The Morgan fingerprint density at radius 2 is 1.50 bits per heavy atom. The molecule has 0 unspecified atom stereocenters. The third-order valence-electron chi connectivity index (χ3n) is 4.44. The first-order valence-corrected chi connectivity index (χ1v) is 9.60. The predicted octanol–water partition coefficient (Wildman–Crippen LogP) is 3.34. The van der Waals surface area contributed by atoms with Gasteiger partial charge in [-0.1, -0.05) is 47.5 Å². The zero-order valence-electron chi connectivity index (χ0n) is 14.4. The molecule has 0 atom stereocenters. The molecule has 1 aromatic heterocycles. The van der Waals surface area contributed by atoms with E-state index in [0.717, 1.165) is 21.0 Å². The summed E-state index contributed by atoms with van der Waals surface area (Å²) in [5.41, 5.74) is 4.18. The normalized spacial score (nSPS) is 13.9. The van der Waals surface area contributed by atoms with E-state index in [2.05, 4.69) is 5.10 Å². The molecular weight excluding hydrogens is 350 g/mol. The second-order valence-electron chi connectivity index (χ2n) is 6.41. The molecule has 26 heavy (non-hydrogen) atoms. The minimum absolute atomic E-state index is 0.0199. The highest BCUT2D eigenvalue weighted by Crippen LogP contribution is 2.28. The lowest BCUT2D eigenvalue weighted by Crippen LogP contribution is -2.33. The van der Waals surface area contributed by atoms with Gasteiger partial charge in [-0.15, -0.1) is 0 Å². The van der Waals surface area contributed by atoms with Crippen LogP contribution in [0.4, 0.5) is 4.79 Å². The summed E-state index contributed by atoms with van der Waals surface area (Å²) in [7, 11) is -3.90. The smallest absolute Gasteiger partial charge is 0.245 e. The number of hydrogen-bond acceptors (Lipinski definition) is 4. The van der Waals surface area contributed by atoms with Gasteiger partial charge in [0.15, 0.2) is 0 Å². The van der Waals surface area contributed by atoms with Gasteiger partial charge in [-0.3, -0.25) is 0 Å². The van der Waals surface area contributed by atoms with Crippen molar-refractivity contribution in [3.8, 4) is 11.3 Å². The molecule has 7 heteroatoms. The molecule has 0 saturated carbocycles. The highest BCUT2D eigenvalue weighted by atomic mass is 32.2. The molecule has 2 heterocycles. The van der Waals surface area contributed by atoms with Crippen molar-refractivity contribution in [3.63, 3.8) is 0 Å². The van der Waals surface area contributed by atoms with Crippen LogP contribution in [0.1, 0.15) is 16.8 Å². The first-order valence-electron chi connectivity index (χ1n) is 8.16. The average molecular weight is 367 g/mol. The third kappa shape index (κ3) is 2.61. The van der Waals surface area contributed by atoms with E-state index in [1.54, 1.807) is 18.2 Å². The fourth-order valence-electron chi connectivity index (χ4n) is 2.91. The van der Waals surface area contributed by atoms with E-state index in [0.29, 0.717) is 11.4 Å². The van der Waals surface area contributed by atoms with Crippen LogP contribution in [0, 0.1) is 13.8 Å². The summed E-state index contributed by atoms with van der Waals surface area (Å²) in [6.07, 6.45) is 0. The van der Waals surface area contributed by atoms with Crippen molar-refractivity contribution in [2.45, 2.75) is 25.3 Å². The first-order chi connectivity index (χ1) is 12.4. The van der Waals surface area contributed by atoms with E-state index in [4.69, 9.17) is 0 Å². The molecule has 0 spiro atoms. The molecule has 132 valence electrons. The van der Waals surface area contributed by atoms with Crippen molar-refractivity contribution in [3.05, 3.63) is 71.4 Å². The monoisotopic (exact) mass is 367 g/mol. The fraction of sp³-hybridized carbons (Fsp3) is 0.158. The molecule has 0 aliphatic carbocycles. The zero-order chi connectivity index (χ0) is 18.5. The van der Waals surface area contributed by atoms with Crippen molar-refractivity contribution < 1.29 is 13.2 Å². The Hall–Kier alpha value is -2.93. The predicted molar refractivity (Wildman–Crippen MR) is 97.1 cm³/mol. The molecule has 1 aliphatic rings. The van der Waals surface area contributed by atoms with Crippen LogP contribution in [0.15, 0.2) is 59.5 Å². The topological polar surface area (TPSA) is 72.3 Å².